The molecule has 33 heavy (non-hydrogen) atoms. The van der Waals surface area contributed by atoms with Crippen molar-refractivity contribution in [2.24, 2.45) is 0 Å². The third kappa shape index (κ3) is 5.10. The fourth-order valence-electron chi connectivity index (χ4n) is 4.37. The minimum Gasteiger partial charge on any atom is -0.495 e. The fraction of sp³-hybridized carbons (Fsp3) is 0.400. The molecule has 1 aromatic heterocycles. The quantitative estimate of drug-likeness (QED) is 0.533. The number of nitrogens with zero attached hydrogens (tertiary/aromatic N) is 3. The van der Waals surface area contributed by atoms with E-state index in [4.69, 9.17) is 4.74 Å². The molecule has 0 radical (unpaired) electrons. The van der Waals surface area contributed by atoms with Crippen LogP contribution in [0, 0.1) is 0 Å². The molecule has 1 aliphatic rings. The first kappa shape index (κ1) is 22.6. The maximum atomic E-state index is 12.6. The lowest BCUT2D eigenvalue weighted by Gasteiger charge is -2.36. The number of methoxy groups -OCH3 is 1. The lowest BCUT2D eigenvalue weighted by Crippen LogP contribution is -2.48. The fourth-order valence-corrected chi connectivity index (χ4v) is 4.37. The van der Waals surface area contributed by atoms with Crippen molar-refractivity contribution in [1.29, 1.82) is 0 Å². The molecule has 0 aliphatic carbocycles. The molecule has 8 heteroatoms. The number of fused-ring (bicyclic) bond motifs is 1. The average Bonchev–Trinajstić information content (AvgIpc) is 2.85. The number of carbonyl (C=O) groups excluding carboxylic acids is 1. The van der Waals surface area contributed by atoms with Gasteiger partial charge in [0.15, 0.2) is 0 Å². The van der Waals surface area contributed by atoms with Crippen molar-refractivity contribution in [3.63, 3.8) is 0 Å². The van der Waals surface area contributed by atoms with Crippen molar-refractivity contribution < 1.29 is 9.53 Å². The molecule has 1 aliphatic heterocycles. The van der Waals surface area contributed by atoms with E-state index < -0.39 is 0 Å². The van der Waals surface area contributed by atoms with Gasteiger partial charge in [-0.15, -0.1) is 0 Å². The van der Waals surface area contributed by atoms with Gasteiger partial charge >= 0.3 is 5.69 Å². The first-order valence-electron chi connectivity index (χ1n) is 11.5. The maximum Gasteiger partial charge on any atom is 0.328 e. The molecular formula is C25H30N4O4. The van der Waals surface area contributed by atoms with Crippen LogP contribution in [0.15, 0.2) is 58.1 Å². The molecule has 0 unspecified atom stereocenters. The van der Waals surface area contributed by atoms with E-state index in [1.54, 1.807) is 31.4 Å². The Morgan fingerprint density at radius 2 is 1.67 bits per heavy atom. The third-order valence-corrected chi connectivity index (χ3v) is 6.22. The predicted molar refractivity (Wildman–Crippen MR) is 129 cm³/mol. The van der Waals surface area contributed by atoms with Crippen LogP contribution in [0.3, 0.4) is 0 Å². The van der Waals surface area contributed by atoms with Gasteiger partial charge in [-0.25, -0.2) is 4.79 Å². The number of hydrogen-bond donors (Lipinski definition) is 1. The molecule has 174 valence electrons. The summed E-state index contributed by atoms with van der Waals surface area (Å²) >= 11 is 0. The number of benzene rings is 2. The molecule has 1 fully saturated rings. The Morgan fingerprint density at radius 3 is 2.45 bits per heavy atom. The van der Waals surface area contributed by atoms with Crippen LogP contribution in [0.25, 0.3) is 10.9 Å². The first-order valence-corrected chi connectivity index (χ1v) is 11.5. The van der Waals surface area contributed by atoms with Gasteiger partial charge in [0.2, 0.25) is 5.91 Å². The standard InChI is InChI=1S/C25H30N4O4/c1-33-22-12-7-6-11-21(22)27-15-17-28(18-16-27)23(30)13-3-2-8-14-29-24(31)19-9-4-5-10-20(19)26-25(29)32/h4-7,9-12H,2-3,8,13-18H2,1H3,(H,26,32). The zero-order valence-electron chi connectivity index (χ0n) is 19.0. The molecule has 8 nitrogen and oxygen atoms in total. The van der Waals surface area contributed by atoms with Crippen LogP contribution < -0.4 is 20.9 Å². The van der Waals surface area contributed by atoms with Crippen LogP contribution >= 0.6 is 0 Å². The van der Waals surface area contributed by atoms with E-state index in [0.717, 1.165) is 37.4 Å². The number of para-hydroxylation sites is 3. The second-order valence-corrected chi connectivity index (χ2v) is 8.28. The number of rotatable bonds is 8. The van der Waals surface area contributed by atoms with E-state index >= 15 is 0 Å². The minimum atomic E-state index is -0.386. The van der Waals surface area contributed by atoms with Crippen LogP contribution in [-0.4, -0.2) is 53.6 Å². The van der Waals surface area contributed by atoms with Gasteiger partial charge in [-0.2, -0.15) is 0 Å². The molecule has 4 rings (SSSR count). The highest BCUT2D eigenvalue weighted by Gasteiger charge is 2.22. The monoisotopic (exact) mass is 450 g/mol. The van der Waals surface area contributed by atoms with E-state index in [0.29, 0.717) is 43.4 Å². The molecular weight excluding hydrogens is 420 g/mol. The van der Waals surface area contributed by atoms with Crippen molar-refractivity contribution in [2.75, 3.05) is 38.2 Å². The third-order valence-electron chi connectivity index (χ3n) is 6.22. The van der Waals surface area contributed by atoms with Crippen molar-refractivity contribution in [2.45, 2.75) is 32.2 Å². The summed E-state index contributed by atoms with van der Waals surface area (Å²) in [6.07, 6.45) is 2.69. The van der Waals surface area contributed by atoms with Crippen molar-refractivity contribution in [3.8, 4) is 5.75 Å². The number of carbonyl (C=O) groups is 1. The Labute approximate surface area is 192 Å². The van der Waals surface area contributed by atoms with Crippen LogP contribution in [0.2, 0.25) is 0 Å². The Kier molecular flexibility index (Phi) is 7.12. The van der Waals surface area contributed by atoms with Gasteiger partial charge in [-0.3, -0.25) is 14.2 Å². The number of amides is 1. The number of unbranched alkanes of at least 4 members (excludes halogenated alkanes) is 2. The van der Waals surface area contributed by atoms with Crippen molar-refractivity contribution in [3.05, 3.63) is 69.4 Å². The minimum absolute atomic E-state index is 0.162. The van der Waals surface area contributed by atoms with Gasteiger partial charge < -0.3 is 19.5 Å². The highest BCUT2D eigenvalue weighted by Crippen LogP contribution is 2.28. The van der Waals surface area contributed by atoms with Gasteiger partial charge in [0.25, 0.3) is 5.56 Å². The number of anilines is 1. The Hall–Kier alpha value is -3.55. The van der Waals surface area contributed by atoms with E-state index in [1.807, 2.05) is 29.2 Å². The zero-order valence-corrected chi connectivity index (χ0v) is 19.0. The number of nitrogens with one attached hydrogen (secondary N) is 1. The van der Waals surface area contributed by atoms with Gasteiger partial charge in [0.1, 0.15) is 5.75 Å². The van der Waals surface area contributed by atoms with E-state index in [2.05, 4.69) is 9.88 Å². The molecule has 2 aromatic carbocycles. The molecule has 1 amide bonds. The van der Waals surface area contributed by atoms with Crippen LogP contribution in [-0.2, 0) is 11.3 Å². The second-order valence-electron chi connectivity index (χ2n) is 8.28. The summed E-state index contributed by atoms with van der Waals surface area (Å²) in [7, 11) is 1.67. The normalized spacial score (nSPS) is 14.0. The molecule has 0 bridgehead atoms. The van der Waals surface area contributed by atoms with Gasteiger partial charge in [0.05, 0.1) is 23.7 Å². The average molecular weight is 451 g/mol. The Balaban J connectivity index is 1.22. The van der Waals surface area contributed by atoms with E-state index in [1.165, 1.54) is 4.57 Å². The van der Waals surface area contributed by atoms with Crippen LogP contribution in [0.1, 0.15) is 25.7 Å². The molecule has 0 saturated carbocycles. The number of aromatic nitrogens is 2. The summed E-state index contributed by atoms with van der Waals surface area (Å²) in [6, 6.07) is 15.0. The van der Waals surface area contributed by atoms with Crippen molar-refractivity contribution >= 4 is 22.5 Å². The summed E-state index contributed by atoms with van der Waals surface area (Å²) in [5.41, 5.74) is 0.965. The first-order chi connectivity index (χ1) is 16.1. The summed E-state index contributed by atoms with van der Waals surface area (Å²) in [4.78, 5) is 44.4. The molecule has 1 N–H and O–H groups in total. The van der Waals surface area contributed by atoms with E-state index in [9.17, 15) is 14.4 Å². The summed E-state index contributed by atoms with van der Waals surface area (Å²) in [6.45, 7) is 3.29. The Bertz CT molecular complexity index is 1220. The second kappa shape index (κ2) is 10.4. The van der Waals surface area contributed by atoms with Crippen molar-refractivity contribution in [1.82, 2.24) is 14.5 Å². The number of piperazine rings is 1. The summed E-state index contributed by atoms with van der Waals surface area (Å²) in [5.74, 6) is 1.01. The Morgan fingerprint density at radius 1 is 0.939 bits per heavy atom. The highest BCUT2D eigenvalue weighted by molar-refractivity contribution is 5.77. The van der Waals surface area contributed by atoms with Crippen LogP contribution in [0.4, 0.5) is 5.69 Å². The molecule has 3 aromatic rings. The predicted octanol–water partition coefficient (Wildman–Crippen LogP) is 2.61. The van der Waals surface area contributed by atoms with Gasteiger partial charge in [-0.05, 0) is 37.1 Å². The molecule has 1 saturated heterocycles. The van der Waals surface area contributed by atoms with Gasteiger partial charge in [0, 0.05) is 39.1 Å². The lowest BCUT2D eigenvalue weighted by molar-refractivity contribution is -0.131. The lowest BCUT2D eigenvalue weighted by atomic mass is 10.1. The smallest absolute Gasteiger partial charge is 0.328 e. The molecule has 0 atom stereocenters. The molecule has 2 heterocycles. The zero-order chi connectivity index (χ0) is 23.2. The summed E-state index contributed by atoms with van der Waals surface area (Å²) in [5, 5.41) is 0.513. The number of H-pyrrole nitrogens is 1. The number of hydrogen-bond acceptors (Lipinski definition) is 5. The van der Waals surface area contributed by atoms with Gasteiger partial charge in [-0.1, -0.05) is 30.7 Å². The van der Waals surface area contributed by atoms with Crippen LogP contribution in [0.5, 0.6) is 5.75 Å². The number of aromatic amines is 1. The topological polar surface area (TPSA) is 87.6 Å². The largest absolute Gasteiger partial charge is 0.495 e. The number of ether oxygens (including phenoxy) is 1. The maximum absolute atomic E-state index is 12.6. The van der Waals surface area contributed by atoms with E-state index in [-0.39, 0.29) is 17.2 Å². The highest BCUT2D eigenvalue weighted by atomic mass is 16.5. The molecule has 0 spiro atoms. The summed E-state index contributed by atoms with van der Waals surface area (Å²) < 4.78 is 6.70. The SMILES string of the molecule is COc1ccccc1N1CCN(C(=O)CCCCCn2c(=O)[nH]c3ccccc3c2=O)CC1.